The second-order valence-electron chi connectivity index (χ2n) is 6.08. The van der Waals surface area contributed by atoms with Crippen molar-refractivity contribution in [2.75, 3.05) is 13.2 Å². The molecule has 4 rings (SSSR count). The molecule has 3 aromatic rings. The maximum absolute atomic E-state index is 13.2. The molecule has 0 saturated heterocycles. The van der Waals surface area contributed by atoms with Crippen molar-refractivity contribution in [3.63, 3.8) is 0 Å². The molecule has 0 saturated carbocycles. The van der Waals surface area contributed by atoms with Gasteiger partial charge in [0.25, 0.3) is 5.91 Å². The van der Waals surface area contributed by atoms with Crippen LogP contribution in [-0.2, 0) is 0 Å². The molecule has 1 N–H and O–H groups in total. The van der Waals surface area contributed by atoms with Crippen molar-refractivity contribution in [1.29, 1.82) is 0 Å². The molecule has 0 bridgehead atoms. The van der Waals surface area contributed by atoms with Crippen LogP contribution in [0, 0.1) is 0 Å². The van der Waals surface area contributed by atoms with Crippen molar-refractivity contribution in [1.82, 2.24) is 9.88 Å². The second kappa shape index (κ2) is 6.66. The van der Waals surface area contributed by atoms with Gasteiger partial charge in [-0.25, -0.2) is 0 Å². The van der Waals surface area contributed by atoms with Gasteiger partial charge in [0, 0.05) is 30.0 Å². The normalized spacial score (nSPS) is 16.3. The molecule has 0 aliphatic carbocycles. The average molecular weight is 415 g/mol. The summed E-state index contributed by atoms with van der Waals surface area (Å²) in [4.78, 5) is 31.8. The van der Waals surface area contributed by atoms with Gasteiger partial charge in [0.1, 0.15) is 5.58 Å². The molecule has 1 unspecified atom stereocenters. The Morgan fingerprint density at radius 2 is 2.12 bits per heavy atom. The van der Waals surface area contributed by atoms with Crippen LogP contribution < -0.4 is 5.43 Å². The molecular weight excluding hydrogens is 400 g/mol. The van der Waals surface area contributed by atoms with Crippen molar-refractivity contribution in [2.24, 2.45) is 0 Å². The minimum Gasteiger partial charge on any atom is -0.450 e. The summed E-state index contributed by atoms with van der Waals surface area (Å²) >= 11 is 3.37. The number of aromatic nitrogens is 1. The number of aliphatic hydroxyl groups is 1. The summed E-state index contributed by atoms with van der Waals surface area (Å²) in [5, 5.41) is 9.61. The van der Waals surface area contributed by atoms with E-state index >= 15 is 0 Å². The van der Waals surface area contributed by atoms with Gasteiger partial charge in [0.2, 0.25) is 5.76 Å². The molecular formula is C19H15BrN2O4. The Morgan fingerprint density at radius 3 is 2.85 bits per heavy atom. The lowest BCUT2D eigenvalue weighted by Crippen LogP contribution is -2.31. The highest BCUT2D eigenvalue weighted by molar-refractivity contribution is 9.10. The molecule has 1 amide bonds. The zero-order chi connectivity index (χ0) is 18.3. The Hall–Kier alpha value is -2.51. The predicted octanol–water partition coefficient (Wildman–Crippen LogP) is 2.88. The molecule has 1 aliphatic heterocycles. The van der Waals surface area contributed by atoms with Gasteiger partial charge < -0.3 is 14.4 Å². The van der Waals surface area contributed by atoms with E-state index in [-0.39, 0.29) is 23.7 Å². The van der Waals surface area contributed by atoms with E-state index in [2.05, 4.69) is 20.9 Å². The summed E-state index contributed by atoms with van der Waals surface area (Å²) in [6, 6.07) is 8.15. The van der Waals surface area contributed by atoms with Gasteiger partial charge in [-0.05, 0) is 36.2 Å². The van der Waals surface area contributed by atoms with Crippen LogP contribution in [0.3, 0.4) is 0 Å². The van der Waals surface area contributed by atoms with E-state index in [4.69, 9.17) is 4.42 Å². The smallest absolute Gasteiger partial charge is 0.290 e. The lowest BCUT2D eigenvalue weighted by Gasteiger charge is -2.24. The molecule has 0 spiro atoms. The average Bonchev–Trinajstić information content (AvgIpc) is 2.94. The van der Waals surface area contributed by atoms with Crippen LogP contribution in [0.2, 0.25) is 0 Å². The standard InChI is InChI=1S/C19H15BrN2O4/c20-12-4-5-14-13(9-12)17(24)15-16(11-3-1-6-21-10-11)22(7-2-8-23)19(25)18(15)26-14/h1,3-6,9-10,16,23H,2,7-8H2. The van der Waals surface area contributed by atoms with Gasteiger partial charge in [-0.15, -0.1) is 0 Å². The molecule has 6 nitrogen and oxygen atoms in total. The predicted molar refractivity (Wildman–Crippen MR) is 99.0 cm³/mol. The minimum atomic E-state index is -0.572. The van der Waals surface area contributed by atoms with Gasteiger partial charge in [0.05, 0.1) is 17.0 Å². The number of fused-ring (bicyclic) bond motifs is 2. The van der Waals surface area contributed by atoms with Gasteiger partial charge in [0.15, 0.2) is 5.43 Å². The summed E-state index contributed by atoms with van der Waals surface area (Å²) in [6.45, 7) is 0.273. The summed E-state index contributed by atoms with van der Waals surface area (Å²) in [7, 11) is 0. The van der Waals surface area contributed by atoms with E-state index in [1.807, 2.05) is 6.07 Å². The first-order chi connectivity index (χ1) is 12.6. The highest BCUT2D eigenvalue weighted by Gasteiger charge is 2.42. The van der Waals surface area contributed by atoms with Crippen molar-refractivity contribution in [3.05, 3.63) is 74.3 Å². The van der Waals surface area contributed by atoms with Gasteiger partial charge >= 0.3 is 0 Å². The fourth-order valence-electron chi connectivity index (χ4n) is 3.35. The molecule has 132 valence electrons. The lowest BCUT2D eigenvalue weighted by atomic mass is 10.00. The number of rotatable bonds is 4. The molecule has 0 fully saturated rings. The molecule has 1 atom stereocenters. The van der Waals surface area contributed by atoms with E-state index in [1.54, 1.807) is 41.6 Å². The second-order valence-corrected chi connectivity index (χ2v) is 6.99. The maximum Gasteiger partial charge on any atom is 0.290 e. The number of carbonyl (C=O) groups excluding carboxylic acids is 1. The molecule has 26 heavy (non-hydrogen) atoms. The molecule has 3 heterocycles. The summed E-state index contributed by atoms with van der Waals surface area (Å²) < 4.78 is 6.58. The van der Waals surface area contributed by atoms with E-state index in [1.165, 1.54) is 0 Å². The third-order valence-corrected chi connectivity index (χ3v) is 4.98. The largest absolute Gasteiger partial charge is 0.450 e. The SMILES string of the molecule is O=C1c2oc3ccc(Br)cc3c(=O)c2C(c2cccnc2)N1CCCO. The summed E-state index contributed by atoms with van der Waals surface area (Å²) in [5.41, 5.74) is 1.21. The zero-order valence-electron chi connectivity index (χ0n) is 13.7. The van der Waals surface area contributed by atoms with Crippen LogP contribution >= 0.6 is 15.9 Å². The fourth-order valence-corrected chi connectivity index (χ4v) is 3.71. The van der Waals surface area contributed by atoms with Crippen LogP contribution in [0.5, 0.6) is 0 Å². The number of nitrogens with zero attached hydrogens (tertiary/aromatic N) is 2. The number of hydrogen-bond donors (Lipinski definition) is 1. The van der Waals surface area contributed by atoms with Crippen molar-refractivity contribution >= 4 is 32.8 Å². The highest BCUT2D eigenvalue weighted by atomic mass is 79.9. The van der Waals surface area contributed by atoms with Gasteiger partial charge in [-0.3, -0.25) is 14.6 Å². The molecule has 2 aromatic heterocycles. The highest BCUT2D eigenvalue weighted by Crippen LogP contribution is 2.38. The van der Waals surface area contributed by atoms with E-state index in [9.17, 15) is 14.7 Å². The van der Waals surface area contributed by atoms with E-state index in [0.717, 1.165) is 10.0 Å². The number of carbonyl (C=O) groups is 1. The Bertz CT molecular complexity index is 1050. The quantitative estimate of drug-likeness (QED) is 0.709. The number of aliphatic hydroxyl groups excluding tert-OH is 1. The summed E-state index contributed by atoms with van der Waals surface area (Å²) in [5.74, 6) is -0.277. The Morgan fingerprint density at radius 1 is 1.27 bits per heavy atom. The van der Waals surface area contributed by atoms with Crippen LogP contribution in [0.25, 0.3) is 11.0 Å². The van der Waals surface area contributed by atoms with E-state index < -0.39 is 6.04 Å². The van der Waals surface area contributed by atoms with Crippen LogP contribution in [0.4, 0.5) is 0 Å². The Kier molecular flexibility index (Phi) is 4.34. The van der Waals surface area contributed by atoms with Crippen LogP contribution in [-0.4, -0.2) is 34.0 Å². The number of halogens is 1. The van der Waals surface area contributed by atoms with Crippen LogP contribution in [0.15, 0.2) is 56.4 Å². The van der Waals surface area contributed by atoms with Crippen molar-refractivity contribution in [2.45, 2.75) is 12.5 Å². The van der Waals surface area contributed by atoms with Crippen LogP contribution in [0.1, 0.15) is 34.1 Å². The third-order valence-electron chi connectivity index (χ3n) is 4.49. The molecule has 1 aliphatic rings. The Labute approximate surface area is 157 Å². The number of hydrogen-bond acceptors (Lipinski definition) is 5. The third kappa shape index (κ3) is 2.64. The van der Waals surface area contributed by atoms with Gasteiger partial charge in [-0.1, -0.05) is 22.0 Å². The topological polar surface area (TPSA) is 83.6 Å². The Balaban J connectivity index is 1.98. The lowest BCUT2D eigenvalue weighted by molar-refractivity contribution is 0.0716. The minimum absolute atomic E-state index is 0.0455. The fraction of sp³-hybridized carbons (Fsp3) is 0.211. The molecule has 7 heteroatoms. The van der Waals surface area contributed by atoms with Gasteiger partial charge in [-0.2, -0.15) is 0 Å². The monoisotopic (exact) mass is 414 g/mol. The maximum atomic E-state index is 13.2. The first-order valence-electron chi connectivity index (χ1n) is 8.20. The van der Waals surface area contributed by atoms with Crippen molar-refractivity contribution < 1.29 is 14.3 Å². The summed E-state index contributed by atoms with van der Waals surface area (Å²) in [6.07, 6.45) is 3.69. The number of amides is 1. The zero-order valence-corrected chi connectivity index (χ0v) is 15.3. The number of pyridine rings is 1. The van der Waals surface area contributed by atoms with Crippen molar-refractivity contribution in [3.8, 4) is 0 Å². The number of benzene rings is 1. The molecule has 1 aromatic carbocycles. The van der Waals surface area contributed by atoms with E-state index in [0.29, 0.717) is 29.5 Å². The first kappa shape index (κ1) is 16.9. The first-order valence-corrected chi connectivity index (χ1v) is 8.99. The molecule has 0 radical (unpaired) electrons.